The highest BCUT2D eigenvalue weighted by Gasteiger charge is 2.76. The second kappa shape index (κ2) is 7.11. The van der Waals surface area contributed by atoms with Gasteiger partial charge in [0.25, 0.3) is 0 Å². The van der Waals surface area contributed by atoms with E-state index in [1.54, 1.807) is 47.4 Å². The first-order valence-electron chi connectivity index (χ1n) is 10.9. The average Bonchev–Trinajstić information content (AvgIpc) is 3.40. The molecule has 1 aliphatic carbocycles. The molecule has 0 N–H and O–H groups in total. The monoisotopic (exact) mass is 471 g/mol. The van der Waals surface area contributed by atoms with Crippen LogP contribution in [0.15, 0.2) is 72.8 Å². The molecule has 1 spiro atoms. The second-order valence-electron chi connectivity index (χ2n) is 8.87. The van der Waals surface area contributed by atoms with Crippen LogP contribution >= 0.6 is 11.6 Å². The van der Waals surface area contributed by atoms with Gasteiger partial charge in [0.05, 0.1) is 12.0 Å². The summed E-state index contributed by atoms with van der Waals surface area (Å²) in [6.07, 6.45) is 0. The van der Waals surface area contributed by atoms with E-state index in [0.717, 1.165) is 5.56 Å². The molecule has 0 radical (unpaired) electrons. The maximum atomic E-state index is 14.1. The molecule has 0 bridgehead atoms. The molecule has 2 saturated heterocycles. The van der Waals surface area contributed by atoms with Gasteiger partial charge >= 0.3 is 11.9 Å². The van der Waals surface area contributed by atoms with Crippen LogP contribution in [0, 0.1) is 18.8 Å². The molecule has 0 amide bonds. The molecular formula is C27H18ClNO5. The molecule has 0 saturated carbocycles. The number of anilines is 1. The zero-order chi connectivity index (χ0) is 23.8. The van der Waals surface area contributed by atoms with Gasteiger partial charge in [0.15, 0.2) is 17.1 Å². The maximum Gasteiger partial charge on any atom is 0.320 e. The third-order valence-corrected chi connectivity index (χ3v) is 7.63. The molecule has 2 fully saturated rings. The van der Waals surface area contributed by atoms with Gasteiger partial charge < -0.3 is 9.64 Å². The summed E-state index contributed by atoms with van der Waals surface area (Å²) in [4.78, 5) is 56.1. The first kappa shape index (κ1) is 20.8. The summed E-state index contributed by atoms with van der Waals surface area (Å²) in [5.41, 5.74) is 0.503. The first-order valence-corrected chi connectivity index (χ1v) is 11.3. The van der Waals surface area contributed by atoms with E-state index in [-0.39, 0.29) is 11.1 Å². The number of benzene rings is 3. The highest BCUT2D eigenvalue weighted by atomic mass is 35.5. The standard InChI is InChI=1S/C27H18ClNO5/c1-14-11-12-16(13-19(14)28)29-22(15-7-3-2-4-8-15)20-21(26(33)34-25(20)32)27(29)23(30)17-9-5-6-10-18(17)24(27)31/h2-13,20-22H,1H3/t20-,21-,22-/m1/s1. The van der Waals surface area contributed by atoms with Crippen LogP contribution < -0.4 is 4.90 Å². The third kappa shape index (κ3) is 2.46. The van der Waals surface area contributed by atoms with Gasteiger partial charge in [-0.15, -0.1) is 0 Å². The van der Waals surface area contributed by atoms with E-state index < -0.39 is 46.9 Å². The first-order chi connectivity index (χ1) is 16.4. The molecular weight excluding hydrogens is 454 g/mol. The van der Waals surface area contributed by atoms with Crippen LogP contribution in [-0.4, -0.2) is 29.0 Å². The number of nitrogens with zero attached hydrogens (tertiary/aromatic N) is 1. The van der Waals surface area contributed by atoms with Crippen molar-refractivity contribution in [3.63, 3.8) is 0 Å². The number of carbonyl (C=O) groups excluding carboxylic acids is 4. The minimum absolute atomic E-state index is 0.232. The number of ether oxygens (including phenoxy) is 1. The summed E-state index contributed by atoms with van der Waals surface area (Å²) in [7, 11) is 0. The van der Waals surface area contributed by atoms with Crippen molar-refractivity contribution in [3.05, 3.63) is 100 Å². The van der Waals surface area contributed by atoms with Crippen LogP contribution in [0.2, 0.25) is 5.02 Å². The van der Waals surface area contributed by atoms with E-state index >= 15 is 0 Å². The fourth-order valence-electron chi connectivity index (χ4n) is 5.78. The van der Waals surface area contributed by atoms with E-state index in [9.17, 15) is 19.2 Å². The highest BCUT2D eigenvalue weighted by Crippen LogP contribution is 2.60. The van der Waals surface area contributed by atoms with Crippen LogP contribution in [0.4, 0.5) is 5.69 Å². The quantitative estimate of drug-likeness (QED) is 0.408. The normalized spacial score (nSPS) is 24.5. The number of ketones is 2. The number of hydrogen-bond donors (Lipinski definition) is 0. The lowest BCUT2D eigenvalue weighted by atomic mass is 9.76. The molecule has 6 nitrogen and oxygen atoms in total. The zero-order valence-corrected chi connectivity index (χ0v) is 18.8. The number of Topliss-reactive ketones (excluding diaryl/α,β-unsaturated/α-hetero) is 2. The molecule has 3 aromatic rings. The van der Waals surface area contributed by atoms with E-state index in [1.807, 2.05) is 37.3 Å². The smallest absolute Gasteiger partial charge is 0.320 e. The van der Waals surface area contributed by atoms with Gasteiger partial charge in [-0.3, -0.25) is 19.2 Å². The predicted molar refractivity (Wildman–Crippen MR) is 124 cm³/mol. The van der Waals surface area contributed by atoms with Crippen molar-refractivity contribution in [1.82, 2.24) is 0 Å². The number of rotatable bonds is 2. The molecule has 0 aromatic heterocycles. The fourth-order valence-corrected chi connectivity index (χ4v) is 5.96. The van der Waals surface area contributed by atoms with Crippen molar-refractivity contribution in [2.24, 2.45) is 11.8 Å². The fraction of sp³-hybridized carbons (Fsp3) is 0.185. The summed E-state index contributed by atoms with van der Waals surface area (Å²) in [5, 5.41) is 0.445. The molecule has 3 atom stereocenters. The maximum absolute atomic E-state index is 14.1. The molecule has 2 aliphatic heterocycles. The van der Waals surface area contributed by atoms with Gasteiger partial charge in [-0.05, 0) is 30.2 Å². The van der Waals surface area contributed by atoms with Crippen molar-refractivity contribution in [1.29, 1.82) is 0 Å². The lowest BCUT2D eigenvalue weighted by molar-refractivity contribution is -0.154. The summed E-state index contributed by atoms with van der Waals surface area (Å²) in [6, 6.07) is 20.0. The molecule has 168 valence electrons. The van der Waals surface area contributed by atoms with Crippen molar-refractivity contribution in [3.8, 4) is 0 Å². The van der Waals surface area contributed by atoms with E-state index in [0.29, 0.717) is 16.3 Å². The summed E-state index contributed by atoms with van der Waals surface area (Å²) < 4.78 is 5.05. The van der Waals surface area contributed by atoms with E-state index in [4.69, 9.17) is 16.3 Å². The number of aryl methyl sites for hydroxylation is 1. The summed E-state index contributed by atoms with van der Waals surface area (Å²) in [5.74, 6) is -4.92. The Hall–Kier alpha value is -3.77. The molecule has 0 unspecified atom stereocenters. The number of fused-ring (bicyclic) bond motifs is 3. The van der Waals surface area contributed by atoms with Gasteiger partial charge in [0.1, 0.15) is 5.92 Å². The highest BCUT2D eigenvalue weighted by molar-refractivity contribution is 6.37. The number of halogens is 1. The van der Waals surface area contributed by atoms with Crippen molar-refractivity contribution in [2.45, 2.75) is 18.5 Å². The van der Waals surface area contributed by atoms with Crippen molar-refractivity contribution in [2.75, 3.05) is 4.90 Å². The van der Waals surface area contributed by atoms with Crippen LogP contribution in [0.5, 0.6) is 0 Å². The van der Waals surface area contributed by atoms with Crippen LogP contribution in [0.25, 0.3) is 0 Å². The molecule has 3 aliphatic rings. The molecule has 3 aromatic carbocycles. The van der Waals surface area contributed by atoms with Crippen LogP contribution in [0.1, 0.15) is 37.9 Å². The molecule has 2 heterocycles. The van der Waals surface area contributed by atoms with Crippen LogP contribution in [-0.2, 0) is 14.3 Å². The minimum atomic E-state index is -1.95. The molecule has 6 rings (SSSR count). The van der Waals surface area contributed by atoms with Gasteiger partial charge in [0, 0.05) is 21.8 Å². The van der Waals surface area contributed by atoms with E-state index in [1.165, 1.54) is 0 Å². The van der Waals surface area contributed by atoms with Gasteiger partial charge in [-0.1, -0.05) is 72.3 Å². The lowest BCUT2D eigenvalue weighted by Crippen LogP contribution is -2.59. The van der Waals surface area contributed by atoms with E-state index in [2.05, 4.69) is 0 Å². The Morgan fingerprint density at radius 2 is 1.44 bits per heavy atom. The Morgan fingerprint density at radius 3 is 2.06 bits per heavy atom. The Morgan fingerprint density at radius 1 is 0.824 bits per heavy atom. The largest absolute Gasteiger partial charge is 0.393 e. The van der Waals surface area contributed by atoms with Crippen molar-refractivity contribution < 1.29 is 23.9 Å². The van der Waals surface area contributed by atoms with Gasteiger partial charge in [-0.2, -0.15) is 0 Å². The number of cyclic esters (lactones) is 2. The Kier molecular flexibility index (Phi) is 4.35. The minimum Gasteiger partial charge on any atom is -0.393 e. The van der Waals surface area contributed by atoms with Crippen molar-refractivity contribution >= 4 is 40.8 Å². The number of hydrogen-bond acceptors (Lipinski definition) is 6. The average molecular weight is 472 g/mol. The zero-order valence-electron chi connectivity index (χ0n) is 18.0. The lowest BCUT2D eigenvalue weighted by Gasteiger charge is -2.40. The summed E-state index contributed by atoms with van der Waals surface area (Å²) >= 11 is 6.47. The molecule has 34 heavy (non-hydrogen) atoms. The van der Waals surface area contributed by atoms with Gasteiger partial charge in [-0.25, -0.2) is 0 Å². The Bertz CT molecular complexity index is 1380. The Labute approximate surface area is 200 Å². The third-order valence-electron chi connectivity index (χ3n) is 7.22. The second-order valence-corrected chi connectivity index (χ2v) is 9.28. The number of esters is 2. The summed E-state index contributed by atoms with van der Waals surface area (Å²) in [6.45, 7) is 1.85. The molecule has 7 heteroatoms. The predicted octanol–water partition coefficient (Wildman–Crippen LogP) is 4.34. The number of carbonyl (C=O) groups is 4. The van der Waals surface area contributed by atoms with Crippen LogP contribution in [0.3, 0.4) is 0 Å². The van der Waals surface area contributed by atoms with Gasteiger partial charge in [0.2, 0.25) is 0 Å². The topological polar surface area (TPSA) is 80.8 Å². The Balaban J connectivity index is 1.70. The SMILES string of the molecule is Cc1ccc(N2[C@H](c3ccccc3)[C@@H]3C(=O)OC(=O)[C@@H]3C23C(=O)c2ccccc2C3=O)cc1Cl.